The number of hydrogen-bond donors (Lipinski definition) is 3. The number of alkyl halides is 3. The summed E-state index contributed by atoms with van der Waals surface area (Å²) >= 11 is 0. The first-order chi connectivity index (χ1) is 16.9. The van der Waals surface area contributed by atoms with Crippen molar-refractivity contribution in [2.24, 2.45) is 28.6 Å². The molecular weight excluding hydrogens is 495 g/mol. The Morgan fingerprint density at radius 3 is 2.32 bits per heavy atom. The molecule has 1 aliphatic carbocycles. The van der Waals surface area contributed by atoms with E-state index < -0.39 is 65.2 Å². The Morgan fingerprint density at radius 2 is 1.81 bits per heavy atom. The van der Waals surface area contributed by atoms with Crippen LogP contribution in [0.3, 0.4) is 0 Å². The molecule has 0 spiro atoms. The zero-order valence-corrected chi connectivity index (χ0v) is 21.4. The Balaban J connectivity index is 1.80. The van der Waals surface area contributed by atoms with Crippen molar-refractivity contribution in [2.45, 2.75) is 78.2 Å². The predicted octanol–water partition coefficient (Wildman–Crippen LogP) is 1.01. The second kappa shape index (κ2) is 9.61. The molecule has 0 unspecified atom stereocenters. The van der Waals surface area contributed by atoms with E-state index in [2.05, 4.69) is 10.6 Å². The van der Waals surface area contributed by atoms with Gasteiger partial charge in [0.1, 0.15) is 18.1 Å². The van der Waals surface area contributed by atoms with E-state index in [1.54, 1.807) is 5.32 Å². The van der Waals surface area contributed by atoms with Crippen molar-refractivity contribution in [1.82, 2.24) is 20.9 Å². The maximum Gasteiger partial charge on any atom is 0.471 e. The van der Waals surface area contributed by atoms with Gasteiger partial charge in [0.2, 0.25) is 23.6 Å². The fourth-order valence-electron chi connectivity index (χ4n) is 5.49. The molecule has 0 radical (unpaired) electrons. The van der Waals surface area contributed by atoms with Crippen molar-refractivity contribution in [1.29, 1.82) is 5.26 Å². The first-order valence-corrected chi connectivity index (χ1v) is 12.1. The first kappa shape index (κ1) is 28.4. The Bertz CT molecular complexity index is 1040. The summed E-state index contributed by atoms with van der Waals surface area (Å²) in [6.45, 7) is 8.48. The number of carbonyl (C=O) groups excluding carboxylic acids is 5. The highest BCUT2D eigenvalue weighted by molar-refractivity contribution is 5.99. The minimum absolute atomic E-state index is 0.0359. The lowest BCUT2D eigenvalue weighted by atomic mass is 9.85. The van der Waals surface area contributed by atoms with Gasteiger partial charge < -0.3 is 15.5 Å². The highest BCUT2D eigenvalue weighted by Crippen LogP contribution is 2.65. The molecule has 0 aromatic carbocycles. The topological polar surface area (TPSA) is 148 Å². The summed E-state index contributed by atoms with van der Waals surface area (Å²) in [5.41, 5.74) is -1.40. The molecule has 3 fully saturated rings. The van der Waals surface area contributed by atoms with Crippen molar-refractivity contribution in [3.8, 4) is 6.07 Å². The number of nitrogens with zero attached hydrogens (tertiary/aromatic N) is 2. The lowest BCUT2D eigenvalue weighted by Gasteiger charge is -2.38. The van der Waals surface area contributed by atoms with Crippen molar-refractivity contribution in [3.63, 3.8) is 0 Å². The van der Waals surface area contributed by atoms with Gasteiger partial charge in [-0.1, -0.05) is 34.6 Å². The van der Waals surface area contributed by atoms with Gasteiger partial charge >= 0.3 is 12.1 Å². The van der Waals surface area contributed by atoms with Gasteiger partial charge in [-0.05, 0) is 35.5 Å². The predicted molar refractivity (Wildman–Crippen MR) is 122 cm³/mol. The minimum atomic E-state index is -5.19. The average molecular weight is 528 g/mol. The minimum Gasteiger partial charge on any atom is -0.339 e. The largest absolute Gasteiger partial charge is 0.471 e. The van der Waals surface area contributed by atoms with Crippen LogP contribution in [0, 0.1) is 39.9 Å². The molecule has 2 aliphatic heterocycles. The third-order valence-corrected chi connectivity index (χ3v) is 7.75. The molecule has 0 aromatic rings. The summed E-state index contributed by atoms with van der Waals surface area (Å²) in [6.07, 6.45) is -4.88. The van der Waals surface area contributed by atoms with Gasteiger partial charge in [0, 0.05) is 18.9 Å². The van der Waals surface area contributed by atoms with Gasteiger partial charge in [0.15, 0.2) is 0 Å². The van der Waals surface area contributed by atoms with E-state index >= 15 is 0 Å². The number of imide groups is 1. The summed E-state index contributed by atoms with van der Waals surface area (Å²) in [6, 6.07) is -1.76. The Labute approximate surface area is 212 Å². The van der Waals surface area contributed by atoms with Gasteiger partial charge in [0.25, 0.3) is 0 Å². The highest BCUT2D eigenvalue weighted by atomic mass is 19.4. The standard InChI is InChI=1S/C24H32F3N5O5/c1-22(2,3)17(31-21(37)24(25,26)27)20(36)32-10-13-15(23(13,4)5)16(32)19(35)29-12(9-28)8-11-6-7-14(33)30-18(11)34/h11-13,15-17H,6-8,10H2,1-5H3,(H,29,35)(H,31,37)(H,30,33,34)/t11-,12-,13-,15-,16-,17+/m0/s1. The van der Waals surface area contributed by atoms with E-state index in [9.17, 15) is 42.4 Å². The Morgan fingerprint density at radius 1 is 1.19 bits per heavy atom. The third-order valence-electron chi connectivity index (χ3n) is 7.75. The van der Waals surface area contributed by atoms with E-state index in [0.29, 0.717) is 0 Å². The van der Waals surface area contributed by atoms with Crippen molar-refractivity contribution < 1.29 is 37.1 Å². The van der Waals surface area contributed by atoms with Gasteiger partial charge in [0.05, 0.1) is 6.07 Å². The van der Waals surface area contributed by atoms with Crippen molar-refractivity contribution >= 4 is 29.5 Å². The fourth-order valence-corrected chi connectivity index (χ4v) is 5.49. The molecule has 0 aromatic heterocycles. The zero-order chi connectivity index (χ0) is 28.1. The number of piperidine rings is 2. The third kappa shape index (κ3) is 5.72. The van der Waals surface area contributed by atoms with E-state index in [4.69, 9.17) is 0 Å². The maximum absolute atomic E-state index is 13.5. The summed E-state index contributed by atoms with van der Waals surface area (Å²) in [5.74, 6) is -5.68. The van der Waals surface area contributed by atoms with Crippen molar-refractivity contribution in [2.75, 3.05) is 6.54 Å². The molecule has 5 amide bonds. The highest BCUT2D eigenvalue weighted by Gasteiger charge is 2.70. The number of halogens is 3. The molecule has 13 heteroatoms. The van der Waals surface area contributed by atoms with Gasteiger partial charge in [-0.25, -0.2) is 0 Å². The van der Waals surface area contributed by atoms with Crippen molar-refractivity contribution in [3.05, 3.63) is 0 Å². The summed E-state index contributed by atoms with van der Waals surface area (Å²) in [4.78, 5) is 63.3. The number of likely N-dealkylation sites (tertiary alicyclic amines) is 1. The number of carbonyl (C=O) groups is 5. The lowest BCUT2D eigenvalue weighted by molar-refractivity contribution is -0.176. The smallest absolute Gasteiger partial charge is 0.339 e. The number of amides is 5. The summed E-state index contributed by atoms with van der Waals surface area (Å²) < 4.78 is 38.9. The van der Waals surface area contributed by atoms with Crippen LogP contribution in [0.1, 0.15) is 53.9 Å². The number of nitrogens with one attached hydrogen (secondary N) is 3. The van der Waals surface area contributed by atoms with Crippen LogP contribution in [0.15, 0.2) is 0 Å². The molecule has 1 saturated carbocycles. The number of hydrogen-bond acceptors (Lipinski definition) is 6. The number of nitriles is 1. The molecule has 0 bridgehead atoms. The second-order valence-corrected chi connectivity index (χ2v) is 11.7. The Hall–Kier alpha value is -3.17. The Kier molecular flexibility index (Phi) is 7.38. The molecule has 3 rings (SSSR count). The van der Waals surface area contributed by atoms with Gasteiger partial charge in [-0.3, -0.25) is 29.3 Å². The molecule has 6 atom stereocenters. The number of rotatable bonds is 6. The fraction of sp³-hybridized carbons (Fsp3) is 0.750. The number of fused-ring (bicyclic) bond motifs is 1. The molecule has 204 valence electrons. The molecule has 3 aliphatic rings. The molecule has 2 saturated heterocycles. The summed E-state index contributed by atoms with van der Waals surface area (Å²) in [7, 11) is 0. The SMILES string of the molecule is CC(C)(C)[C@H](NC(=O)C(F)(F)F)C(=O)N1C[C@H]2[C@@H]([C@H]1C(=O)N[C@H](C#N)C[C@@H]1CCC(=O)NC1=O)C2(C)C. The van der Waals surface area contributed by atoms with Crippen LogP contribution in [0.5, 0.6) is 0 Å². The lowest BCUT2D eigenvalue weighted by Crippen LogP contribution is -2.61. The molecular formula is C24H32F3N5O5. The molecule has 3 N–H and O–H groups in total. The van der Waals surface area contributed by atoms with Crippen LogP contribution >= 0.6 is 0 Å². The normalized spacial score (nSPS) is 28.4. The van der Waals surface area contributed by atoms with Crippen LogP contribution in [0.25, 0.3) is 0 Å². The molecule has 37 heavy (non-hydrogen) atoms. The van der Waals surface area contributed by atoms with Crippen LogP contribution in [0.4, 0.5) is 13.2 Å². The average Bonchev–Trinajstić information content (AvgIpc) is 3.10. The van der Waals surface area contributed by atoms with Crippen LogP contribution in [0.2, 0.25) is 0 Å². The summed E-state index contributed by atoms with van der Waals surface area (Å²) in [5, 5.41) is 16.2. The molecule has 2 heterocycles. The van der Waals surface area contributed by atoms with E-state index in [-0.39, 0.29) is 43.1 Å². The van der Waals surface area contributed by atoms with E-state index in [1.165, 1.54) is 25.7 Å². The second-order valence-electron chi connectivity index (χ2n) is 11.7. The monoisotopic (exact) mass is 527 g/mol. The van der Waals surface area contributed by atoms with Crippen LogP contribution < -0.4 is 16.0 Å². The quantitative estimate of drug-likeness (QED) is 0.439. The van der Waals surface area contributed by atoms with E-state index in [0.717, 1.165) is 0 Å². The molecule has 10 nitrogen and oxygen atoms in total. The van der Waals surface area contributed by atoms with Crippen LogP contribution in [-0.2, 0) is 24.0 Å². The van der Waals surface area contributed by atoms with Gasteiger partial charge in [-0.15, -0.1) is 0 Å². The van der Waals surface area contributed by atoms with E-state index in [1.807, 2.05) is 19.9 Å². The first-order valence-electron chi connectivity index (χ1n) is 12.1. The zero-order valence-electron chi connectivity index (χ0n) is 21.4. The van der Waals surface area contributed by atoms with Crippen LogP contribution in [-0.4, -0.2) is 65.3 Å². The maximum atomic E-state index is 13.5. The van der Waals surface area contributed by atoms with Gasteiger partial charge in [-0.2, -0.15) is 18.4 Å².